The Kier molecular flexibility index (Phi) is 7.92. The van der Waals surface area contributed by atoms with E-state index in [0.717, 1.165) is 61.2 Å². The Morgan fingerprint density at radius 1 is 0.367 bits per heavy atom. The van der Waals surface area contributed by atoms with Crippen LogP contribution in [-0.2, 0) is 0 Å². The lowest BCUT2D eigenvalue weighted by molar-refractivity contribution is 1.05. The number of para-hydroxylation sites is 2. The van der Waals surface area contributed by atoms with Gasteiger partial charge in [-0.1, -0.05) is 181 Å². The molecule has 0 saturated carbocycles. The van der Waals surface area contributed by atoms with Crippen LogP contribution in [0.25, 0.3) is 94.2 Å². The van der Waals surface area contributed by atoms with Crippen LogP contribution in [0.1, 0.15) is 0 Å². The van der Waals surface area contributed by atoms with Crippen molar-refractivity contribution < 1.29 is 0 Å². The number of nitrogens with zero attached hydrogens (tertiary/aromatic N) is 4. The first kappa shape index (κ1) is 34.2. The fraction of sp³-hybridized carbons (Fsp3) is 0. The van der Waals surface area contributed by atoms with Gasteiger partial charge >= 0.3 is 0 Å². The highest BCUT2D eigenvalue weighted by atomic mass is 15.1. The molecule has 0 bridgehead atoms. The van der Waals surface area contributed by atoms with Crippen molar-refractivity contribution in [1.29, 1.82) is 0 Å². The SMILES string of the molecule is c1ccc(-c2cccc(-c3cnc4cc(-c5ccccc5)cc5c4c3-c3ccc(-c4ccccc4)cc3B5c3cnc(-n4c5ccccc5c5ccccc54)cn3)c2)cc1. The minimum atomic E-state index is -0.213. The predicted octanol–water partition coefficient (Wildman–Crippen LogP) is 11.3. The van der Waals surface area contributed by atoms with Gasteiger partial charge in [-0.2, -0.15) is 0 Å². The number of aromatic nitrogens is 4. The second-order valence-corrected chi connectivity index (χ2v) is 15.6. The van der Waals surface area contributed by atoms with E-state index in [0.29, 0.717) is 0 Å². The molecule has 278 valence electrons. The first-order valence-corrected chi connectivity index (χ1v) is 20.4. The van der Waals surface area contributed by atoms with Crippen molar-refractivity contribution in [3.8, 4) is 61.5 Å². The molecule has 0 atom stereocenters. The lowest BCUT2D eigenvalue weighted by Gasteiger charge is -2.29. The average Bonchev–Trinajstić information content (AvgIpc) is 3.67. The summed E-state index contributed by atoms with van der Waals surface area (Å²) in [6, 6.07) is 69.4. The van der Waals surface area contributed by atoms with Gasteiger partial charge in [0.05, 0.1) is 22.7 Å². The third-order valence-electron chi connectivity index (χ3n) is 12.2. The number of benzene rings is 8. The summed E-state index contributed by atoms with van der Waals surface area (Å²) in [5, 5.41) is 3.54. The molecule has 0 radical (unpaired) electrons. The molecule has 5 heteroatoms. The van der Waals surface area contributed by atoms with Crippen molar-refractivity contribution in [2.75, 3.05) is 0 Å². The number of hydrogen-bond donors (Lipinski definition) is 0. The molecule has 4 heterocycles. The second-order valence-electron chi connectivity index (χ2n) is 15.6. The Balaban J connectivity index is 1.12. The van der Waals surface area contributed by atoms with Gasteiger partial charge < -0.3 is 0 Å². The van der Waals surface area contributed by atoms with Crippen molar-refractivity contribution in [3.05, 3.63) is 213 Å². The number of fused-ring (bicyclic) bond motifs is 5. The summed E-state index contributed by atoms with van der Waals surface area (Å²) in [5.74, 6) is 0.788. The normalized spacial score (nSPS) is 12.0. The first-order chi connectivity index (χ1) is 29.8. The van der Waals surface area contributed by atoms with E-state index < -0.39 is 0 Å². The monoisotopic (exact) mass is 762 g/mol. The number of rotatable bonds is 6. The van der Waals surface area contributed by atoms with E-state index in [-0.39, 0.29) is 6.71 Å². The van der Waals surface area contributed by atoms with Gasteiger partial charge in [-0.3, -0.25) is 14.5 Å². The molecule has 0 saturated heterocycles. The van der Waals surface area contributed by atoms with Crippen LogP contribution in [0.4, 0.5) is 0 Å². The molecule has 0 N–H and O–H groups in total. The Bertz CT molecular complexity index is 3360. The highest BCUT2D eigenvalue weighted by molar-refractivity contribution is 6.98. The van der Waals surface area contributed by atoms with E-state index in [1.807, 2.05) is 12.4 Å². The zero-order valence-electron chi connectivity index (χ0n) is 32.6. The van der Waals surface area contributed by atoms with Crippen LogP contribution in [0.2, 0.25) is 0 Å². The van der Waals surface area contributed by atoms with Crippen molar-refractivity contribution in [2.24, 2.45) is 0 Å². The molecule has 0 aliphatic carbocycles. The molecular weight excluding hydrogens is 727 g/mol. The van der Waals surface area contributed by atoms with Crippen molar-refractivity contribution in [2.45, 2.75) is 0 Å². The molecule has 3 aromatic heterocycles. The maximum atomic E-state index is 5.36. The molecule has 0 spiro atoms. The predicted molar refractivity (Wildman–Crippen MR) is 250 cm³/mol. The number of hydrogen-bond acceptors (Lipinski definition) is 3. The first-order valence-electron chi connectivity index (χ1n) is 20.4. The zero-order valence-corrected chi connectivity index (χ0v) is 32.6. The summed E-state index contributed by atoms with van der Waals surface area (Å²) in [7, 11) is 0. The quantitative estimate of drug-likeness (QED) is 0.159. The van der Waals surface area contributed by atoms with E-state index in [9.17, 15) is 0 Å². The van der Waals surface area contributed by atoms with Crippen LogP contribution in [0.15, 0.2) is 213 Å². The van der Waals surface area contributed by atoms with Crippen molar-refractivity contribution in [3.63, 3.8) is 0 Å². The Morgan fingerprint density at radius 3 is 1.58 bits per heavy atom. The van der Waals surface area contributed by atoms with Crippen LogP contribution >= 0.6 is 0 Å². The summed E-state index contributed by atoms with van der Waals surface area (Å²) in [6.07, 6.45) is 6.03. The lowest BCUT2D eigenvalue weighted by Crippen LogP contribution is -2.56. The van der Waals surface area contributed by atoms with E-state index >= 15 is 0 Å². The summed E-state index contributed by atoms with van der Waals surface area (Å²) in [6.45, 7) is -0.213. The van der Waals surface area contributed by atoms with Gasteiger partial charge in [-0.25, -0.2) is 4.98 Å². The zero-order chi connectivity index (χ0) is 39.6. The highest BCUT2D eigenvalue weighted by Crippen LogP contribution is 2.41. The van der Waals surface area contributed by atoms with Crippen LogP contribution in [-0.4, -0.2) is 26.2 Å². The third kappa shape index (κ3) is 5.51. The molecular formula is C55H35BN4. The Morgan fingerprint density at radius 2 is 0.933 bits per heavy atom. The minimum Gasteiger partial charge on any atom is -0.293 e. The molecule has 12 rings (SSSR count). The van der Waals surface area contributed by atoms with Crippen molar-refractivity contribution in [1.82, 2.24) is 19.5 Å². The van der Waals surface area contributed by atoms with Crippen LogP contribution in [0.5, 0.6) is 0 Å². The molecule has 11 aromatic rings. The average molecular weight is 763 g/mol. The molecule has 0 unspecified atom stereocenters. The summed E-state index contributed by atoms with van der Waals surface area (Å²) in [4.78, 5) is 15.9. The smallest absolute Gasteiger partial charge is 0.268 e. The van der Waals surface area contributed by atoms with E-state index in [2.05, 4.69) is 205 Å². The largest absolute Gasteiger partial charge is 0.293 e. The molecule has 4 nitrogen and oxygen atoms in total. The molecule has 1 aliphatic heterocycles. The summed E-state index contributed by atoms with van der Waals surface area (Å²) in [5.41, 5.74) is 18.0. The van der Waals surface area contributed by atoms with Gasteiger partial charge in [-0.15, -0.1) is 0 Å². The van der Waals surface area contributed by atoms with E-state index in [1.165, 1.54) is 49.5 Å². The van der Waals surface area contributed by atoms with Gasteiger partial charge in [-0.05, 0) is 74.3 Å². The lowest BCUT2D eigenvalue weighted by atomic mass is 9.35. The van der Waals surface area contributed by atoms with Gasteiger partial charge in [0.2, 0.25) is 0 Å². The molecule has 0 amide bonds. The molecule has 1 aliphatic rings. The fourth-order valence-electron chi connectivity index (χ4n) is 9.47. The van der Waals surface area contributed by atoms with Crippen LogP contribution in [0.3, 0.4) is 0 Å². The number of pyridine rings is 1. The minimum absolute atomic E-state index is 0.213. The molecule has 60 heavy (non-hydrogen) atoms. The maximum absolute atomic E-state index is 5.36. The standard InChI is InChI=1S/C55H35BN4/c1-4-15-36(16-5-1)39-21-14-22-41(29-39)46-33-57-49-32-42(38-19-8-3-9-20-38)31-48-55(49)54(46)45-28-27-40(37-17-6-2-7-18-37)30-47(45)56(48)52-34-59-53(35-58-52)60-50-25-12-10-23-43(50)44-24-11-13-26-51(44)60/h1-35H. The summed E-state index contributed by atoms with van der Waals surface area (Å²) >= 11 is 0. The Hall–Kier alpha value is -7.89. The molecule has 8 aromatic carbocycles. The van der Waals surface area contributed by atoms with Crippen LogP contribution in [0, 0.1) is 0 Å². The van der Waals surface area contributed by atoms with E-state index in [4.69, 9.17) is 15.0 Å². The van der Waals surface area contributed by atoms with Gasteiger partial charge in [0.1, 0.15) is 0 Å². The Labute approximate surface area is 348 Å². The van der Waals surface area contributed by atoms with Gasteiger partial charge in [0, 0.05) is 39.7 Å². The molecule has 0 fully saturated rings. The van der Waals surface area contributed by atoms with Gasteiger partial charge in [0.25, 0.3) is 6.71 Å². The van der Waals surface area contributed by atoms with E-state index in [1.54, 1.807) is 0 Å². The third-order valence-corrected chi connectivity index (χ3v) is 12.2. The maximum Gasteiger partial charge on any atom is 0.268 e. The second kappa shape index (κ2) is 13.9. The van der Waals surface area contributed by atoms with Crippen LogP contribution < -0.4 is 16.5 Å². The summed E-state index contributed by atoms with van der Waals surface area (Å²) < 4.78 is 2.23. The van der Waals surface area contributed by atoms with Gasteiger partial charge in [0.15, 0.2) is 5.82 Å². The topological polar surface area (TPSA) is 43.6 Å². The highest BCUT2D eigenvalue weighted by Gasteiger charge is 2.36. The van der Waals surface area contributed by atoms with Crippen molar-refractivity contribution >= 4 is 55.9 Å². The fourth-order valence-corrected chi connectivity index (χ4v) is 9.47.